The second kappa shape index (κ2) is 10.4. The van der Waals surface area contributed by atoms with Crippen molar-refractivity contribution in [3.63, 3.8) is 0 Å². The number of nitrogens with one attached hydrogen (secondary N) is 1. The van der Waals surface area contributed by atoms with E-state index >= 15 is 0 Å². The highest BCUT2D eigenvalue weighted by Gasteiger charge is 2.28. The Bertz CT molecular complexity index is 756. The average molecular weight is 332 g/mol. The number of nitrogens with zero attached hydrogens (tertiary/aromatic N) is 1. The summed E-state index contributed by atoms with van der Waals surface area (Å²) in [5.41, 5.74) is 0.722. The van der Waals surface area contributed by atoms with Crippen LogP contribution < -0.4 is 21.3 Å². The molecule has 1 aromatic rings. The molecule has 0 aliphatic carbocycles. The Kier molecular flexibility index (Phi) is 9.31. The number of aromatic nitrogens is 1. The van der Waals surface area contributed by atoms with Crippen LogP contribution >= 0.6 is 0 Å². The summed E-state index contributed by atoms with van der Waals surface area (Å²) in [4.78, 5) is 35.6. The predicted molar refractivity (Wildman–Crippen MR) is 98.9 cm³/mol. The minimum Gasteiger partial charge on any atom is -0.302 e. The second-order valence-corrected chi connectivity index (χ2v) is 5.11. The molecule has 132 valence electrons. The van der Waals surface area contributed by atoms with Gasteiger partial charge in [-0.3, -0.25) is 19.7 Å². The van der Waals surface area contributed by atoms with Crippen LogP contribution in [0.25, 0.3) is 11.6 Å². The second-order valence-electron chi connectivity index (χ2n) is 5.11. The summed E-state index contributed by atoms with van der Waals surface area (Å²) in [7, 11) is 0. The van der Waals surface area contributed by atoms with Gasteiger partial charge in [-0.25, -0.2) is 0 Å². The molecule has 2 rings (SSSR count). The van der Waals surface area contributed by atoms with Gasteiger partial charge in [0.15, 0.2) is 0 Å². The number of pyridine rings is 1. The highest BCUT2D eigenvalue weighted by molar-refractivity contribution is 5.99. The number of piperidine rings is 1. The summed E-state index contributed by atoms with van der Waals surface area (Å²) in [6, 6.07) is 1.22. The summed E-state index contributed by atoms with van der Waals surface area (Å²) < 4.78 is 1.43. The number of hydrogen-bond acceptors (Lipinski definition) is 3. The molecule has 1 atom stereocenters. The van der Waals surface area contributed by atoms with Crippen molar-refractivity contribution in [2.24, 2.45) is 0 Å². The zero-order valence-corrected chi connectivity index (χ0v) is 15.3. The Labute approximate surface area is 143 Å². The molecule has 1 aliphatic rings. The highest BCUT2D eigenvalue weighted by atomic mass is 16.2. The molecule has 2 heterocycles. The quantitative estimate of drug-likeness (QED) is 0.628. The van der Waals surface area contributed by atoms with Crippen LogP contribution in [0.4, 0.5) is 0 Å². The van der Waals surface area contributed by atoms with Crippen molar-refractivity contribution in [1.29, 1.82) is 0 Å². The Balaban J connectivity index is 0.00000123. The van der Waals surface area contributed by atoms with Crippen LogP contribution in [0.3, 0.4) is 0 Å². The van der Waals surface area contributed by atoms with Crippen LogP contribution in [-0.2, 0) is 9.59 Å². The fraction of sp³-hybridized carbons (Fsp3) is 0.421. The van der Waals surface area contributed by atoms with E-state index in [2.05, 4.69) is 18.5 Å². The summed E-state index contributed by atoms with van der Waals surface area (Å²) in [6.45, 7) is 15.6. The third kappa shape index (κ3) is 4.78. The fourth-order valence-corrected chi connectivity index (χ4v) is 2.50. The third-order valence-electron chi connectivity index (χ3n) is 3.51. The van der Waals surface area contributed by atoms with Crippen LogP contribution in [0.2, 0.25) is 0 Å². The summed E-state index contributed by atoms with van der Waals surface area (Å²) in [5.74, 6) is -0.687. The molecule has 24 heavy (non-hydrogen) atoms. The van der Waals surface area contributed by atoms with Crippen LogP contribution in [0, 0.1) is 0 Å². The molecule has 0 saturated carbocycles. The molecule has 1 aliphatic heterocycles. The molecule has 0 radical (unpaired) electrons. The van der Waals surface area contributed by atoms with Crippen molar-refractivity contribution in [3.05, 3.63) is 46.2 Å². The Morgan fingerprint density at radius 1 is 1.25 bits per heavy atom. The molecule has 0 aromatic carbocycles. The molecule has 0 bridgehead atoms. The van der Waals surface area contributed by atoms with E-state index in [1.54, 1.807) is 6.20 Å². The Hall–Kier alpha value is -2.43. The van der Waals surface area contributed by atoms with Gasteiger partial charge < -0.3 is 4.57 Å². The van der Waals surface area contributed by atoms with Gasteiger partial charge in [-0.05, 0) is 38.5 Å². The monoisotopic (exact) mass is 332 g/mol. The molecule has 2 amide bonds. The molecular weight excluding hydrogens is 304 g/mol. The zero-order chi connectivity index (χ0) is 18.9. The van der Waals surface area contributed by atoms with E-state index < -0.39 is 11.9 Å². The smallest absolute Gasteiger partial charge is 0.259 e. The lowest BCUT2D eigenvalue weighted by molar-refractivity contribution is -0.135. The van der Waals surface area contributed by atoms with Crippen LogP contribution in [0.1, 0.15) is 53.5 Å². The minimum atomic E-state index is -0.607. The van der Waals surface area contributed by atoms with Gasteiger partial charge >= 0.3 is 0 Å². The zero-order valence-electron chi connectivity index (χ0n) is 15.3. The van der Waals surface area contributed by atoms with Gasteiger partial charge in [0.2, 0.25) is 11.8 Å². The summed E-state index contributed by atoms with van der Waals surface area (Å²) in [5, 5.41) is 3.76. The summed E-state index contributed by atoms with van der Waals surface area (Å²) in [6.07, 6.45) is 4.12. The predicted octanol–water partition coefficient (Wildman–Crippen LogP) is 1.65. The van der Waals surface area contributed by atoms with Crippen molar-refractivity contribution in [1.82, 2.24) is 9.88 Å². The van der Waals surface area contributed by atoms with Crippen molar-refractivity contribution < 1.29 is 9.59 Å². The number of carbonyl (C=O) groups excluding carboxylic acids is 2. The maximum absolute atomic E-state index is 12.6. The van der Waals surface area contributed by atoms with Gasteiger partial charge in [-0.2, -0.15) is 0 Å². The number of amides is 2. The van der Waals surface area contributed by atoms with Gasteiger partial charge in [-0.1, -0.05) is 25.5 Å². The van der Waals surface area contributed by atoms with Crippen LogP contribution in [0.15, 0.2) is 30.2 Å². The van der Waals surface area contributed by atoms with E-state index in [-0.39, 0.29) is 17.9 Å². The largest absolute Gasteiger partial charge is 0.302 e. The average Bonchev–Trinajstić information content (AvgIpc) is 2.58. The fourth-order valence-electron chi connectivity index (χ4n) is 2.50. The molecule has 1 unspecified atom stereocenters. The van der Waals surface area contributed by atoms with Gasteiger partial charge in [-0.15, -0.1) is 13.2 Å². The lowest BCUT2D eigenvalue weighted by atomic mass is 10.1. The molecule has 5 heteroatoms. The number of carbonyl (C=O) groups is 2. The molecular formula is C19H28N2O3. The Morgan fingerprint density at radius 2 is 1.83 bits per heavy atom. The maximum Gasteiger partial charge on any atom is 0.259 e. The minimum absolute atomic E-state index is 0.185. The van der Waals surface area contributed by atoms with E-state index in [9.17, 15) is 14.4 Å². The highest BCUT2D eigenvalue weighted by Crippen LogP contribution is 2.15. The molecule has 5 nitrogen and oxygen atoms in total. The first-order valence-corrected chi connectivity index (χ1v) is 8.14. The van der Waals surface area contributed by atoms with Gasteiger partial charge in [0.05, 0.1) is 0 Å². The Morgan fingerprint density at radius 3 is 2.29 bits per heavy atom. The number of hydrogen-bond donors (Lipinski definition) is 1. The first-order chi connectivity index (χ1) is 11.5. The standard InChI is InChI=1S/C15H18N2O3.C2H6.C2H4/c1-4-10-7-8-17(15(20)13(10)9(2)3)11-5-6-12(18)16-14(11)19;2*1-2/h4,7-8,11H,5-6H2,1-3H3,(H,16,18,19);1-2H3;1-2H2/b10-4-;;. The summed E-state index contributed by atoms with van der Waals surface area (Å²) >= 11 is 0. The van der Waals surface area contributed by atoms with Crippen LogP contribution in [-0.4, -0.2) is 16.4 Å². The van der Waals surface area contributed by atoms with E-state index in [1.807, 2.05) is 46.8 Å². The molecule has 1 aromatic heterocycles. The maximum atomic E-state index is 12.6. The van der Waals surface area contributed by atoms with Crippen molar-refractivity contribution >= 4 is 23.5 Å². The lowest BCUT2D eigenvalue weighted by Crippen LogP contribution is -2.50. The van der Waals surface area contributed by atoms with Gasteiger partial charge in [0.1, 0.15) is 6.04 Å². The van der Waals surface area contributed by atoms with Crippen molar-refractivity contribution in [2.45, 2.75) is 53.5 Å². The van der Waals surface area contributed by atoms with Crippen LogP contribution in [0.5, 0.6) is 0 Å². The number of rotatable bonds is 1. The normalized spacial score (nSPS) is 17.0. The SMILES string of the molecule is C/C=c1/ccn(C2CCC(=O)NC2=O)c(=O)c1=C(C)C.C=C.CC. The van der Waals surface area contributed by atoms with E-state index in [1.165, 1.54) is 4.57 Å². The molecule has 1 saturated heterocycles. The molecule has 0 spiro atoms. The van der Waals surface area contributed by atoms with Gasteiger partial charge in [0, 0.05) is 17.8 Å². The topological polar surface area (TPSA) is 68.2 Å². The lowest BCUT2D eigenvalue weighted by Gasteiger charge is -2.22. The van der Waals surface area contributed by atoms with E-state index in [0.29, 0.717) is 11.6 Å². The van der Waals surface area contributed by atoms with Gasteiger partial charge in [0.25, 0.3) is 5.56 Å². The third-order valence-corrected chi connectivity index (χ3v) is 3.51. The van der Waals surface area contributed by atoms with E-state index in [0.717, 1.165) is 10.8 Å². The van der Waals surface area contributed by atoms with Crippen molar-refractivity contribution in [3.8, 4) is 0 Å². The molecule has 1 N–H and O–H groups in total. The first-order valence-electron chi connectivity index (χ1n) is 8.14. The first kappa shape index (κ1) is 21.6. The molecule has 1 fully saturated rings. The number of imide groups is 1. The van der Waals surface area contributed by atoms with Crippen molar-refractivity contribution in [2.75, 3.05) is 0 Å². The van der Waals surface area contributed by atoms with E-state index in [4.69, 9.17) is 0 Å².